The molecule has 31 heavy (non-hydrogen) atoms. The van der Waals surface area contributed by atoms with Crippen molar-refractivity contribution in [3.63, 3.8) is 0 Å². The van der Waals surface area contributed by atoms with Crippen LogP contribution in [0.3, 0.4) is 0 Å². The smallest absolute Gasteiger partial charge is 0.187 e. The molecule has 3 fully saturated rings. The van der Waals surface area contributed by atoms with Gasteiger partial charge in [-0.25, -0.2) is 0 Å². The Hall–Kier alpha value is -0.560. The standard InChI is InChI=1S/C17H30O14/c1-4-7(20)10(23)12(25)16(27-4)31-14-13(9(22)6(3-19)28-15(14)26)30-17-11(24)8(21)5(2-18)29-17/h4-26H,2-3H2,1H3/t4-,5-,6+,7-,8-,9+,10+,11+,12+,13-,14+,15?,16-,17-/m0/s1. The van der Waals surface area contributed by atoms with Crippen molar-refractivity contribution in [2.24, 2.45) is 0 Å². The Morgan fingerprint density at radius 1 is 0.581 bits per heavy atom. The highest BCUT2D eigenvalue weighted by Gasteiger charge is 2.53. The van der Waals surface area contributed by atoms with E-state index in [1.807, 2.05) is 0 Å². The Balaban J connectivity index is 1.79. The lowest BCUT2D eigenvalue weighted by Crippen LogP contribution is -2.64. The van der Waals surface area contributed by atoms with Gasteiger partial charge in [-0.1, -0.05) is 0 Å². The fourth-order valence-corrected chi connectivity index (χ4v) is 3.77. The predicted octanol–water partition coefficient (Wildman–Crippen LogP) is -5.91. The Kier molecular flexibility index (Phi) is 8.21. The first-order valence-corrected chi connectivity index (χ1v) is 9.86. The van der Waals surface area contributed by atoms with E-state index in [0.29, 0.717) is 0 Å². The lowest BCUT2D eigenvalue weighted by atomic mass is 9.97. The first-order valence-electron chi connectivity index (χ1n) is 9.86. The van der Waals surface area contributed by atoms with Crippen LogP contribution in [0, 0.1) is 0 Å². The number of aliphatic hydroxyl groups is 9. The summed E-state index contributed by atoms with van der Waals surface area (Å²) >= 11 is 0. The van der Waals surface area contributed by atoms with Gasteiger partial charge in [-0.15, -0.1) is 0 Å². The van der Waals surface area contributed by atoms with E-state index >= 15 is 0 Å². The number of aliphatic hydroxyl groups excluding tert-OH is 9. The molecule has 0 aromatic carbocycles. The van der Waals surface area contributed by atoms with E-state index in [4.69, 9.17) is 23.7 Å². The minimum absolute atomic E-state index is 0.629. The molecule has 14 atom stereocenters. The van der Waals surface area contributed by atoms with E-state index in [2.05, 4.69) is 0 Å². The lowest BCUT2D eigenvalue weighted by Gasteiger charge is -2.46. The van der Waals surface area contributed by atoms with Crippen molar-refractivity contribution >= 4 is 0 Å². The van der Waals surface area contributed by atoms with Crippen LogP contribution in [0.15, 0.2) is 0 Å². The Morgan fingerprint density at radius 2 is 1.10 bits per heavy atom. The summed E-state index contributed by atoms with van der Waals surface area (Å²) in [7, 11) is 0. The number of ether oxygens (including phenoxy) is 5. The van der Waals surface area contributed by atoms with Gasteiger partial charge in [0.15, 0.2) is 18.9 Å². The second-order valence-electron chi connectivity index (χ2n) is 7.83. The maximum absolute atomic E-state index is 10.6. The highest BCUT2D eigenvalue weighted by molar-refractivity contribution is 4.95. The molecule has 14 nitrogen and oxygen atoms in total. The molecule has 0 amide bonds. The minimum atomic E-state index is -1.82. The third-order valence-corrected chi connectivity index (χ3v) is 5.71. The van der Waals surface area contributed by atoms with Crippen LogP contribution in [0.5, 0.6) is 0 Å². The molecule has 0 spiro atoms. The van der Waals surface area contributed by atoms with E-state index in [1.54, 1.807) is 0 Å². The summed E-state index contributed by atoms with van der Waals surface area (Å²) < 4.78 is 26.7. The van der Waals surface area contributed by atoms with Crippen molar-refractivity contribution in [2.75, 3.05) is 13.2 Å². The molecule has 14 heteroatoms. The monoisotopic (exact) mass is 458 g/mol. The van der Waals surface area contributed by atoms with Crippen LogP contribution in [0.1, 0.15) is 6.92 Å². The van der Waals surface area contributed by atoms with Crippen molar-refractivity contribution in [2.45, 2.75) is 92.9 Å². The number of hydrogen-bond donors (Lipinski definition) is 9. The highest BCUT2D eigenvalue weighted by atomic mass is 16.8. The molecule has 0 radical (unpaired) electrons. The van der Waals surface area contributed by atoms with Crippen molar-refractivity contribution in [3.05, 3.63) is 0 Å². The fourth-order valence-electron chi connectivity index (χ4n) is 3.77. The molecule has 1 unspecified atom stereocenters. The van der Waals surface area contributed by atoms with E-state index in [1.165, 1.54) is 6.92 Å². The van der Waals surface area contributed by atoms with Crippen LogP contribution < -0.4 is 0 Å². The molecule has 0 saturated carbocycles. The summed E-state index contributed by atoms with van der Waals surface area (Å²) in [4.78, 5) is 0. The largest absolute Gasteiger partial charge is 0.394 e. The normalized spacial score (nSPS) is 53.6. The second-order valence-corrected chi connectivity index (χ2v) is 7.83. The van der Waals surface area contributed by atoms with Gasteiger partial charge in [-0.3, -0.25) is 0 Å². The zero-order chi connectivity index (χ0) is 23.0. The average molecular weight is 458 g/mol. The van der Waals surface area contributed by atoms with Crippen molar-refractivity contribution in [1.82, 2.24) is 0 Å². The van der Waals surface area contributed by atoms with E-state index in [9.17, 15) is 46.0 Å². The van der Waals surface area contributed by atoms with Gasteiger partial charge >= 0.3 is 0 Å². The molecular weight excluding hydrogens is 428 g/mol. The molecule has 0 bridgehead atoms. The summed E-state index contributed by atoms with van der Waals surface area (Å²) in [6.45, 7) is 0.0649. The molecule has 3 saturated heterocycles. The molecule has 0 aromatic rings. The molecule has 0 aliphatic carbocycles. The van der Waals surface area contributed by atoms with Crippen LogP contribution in [-0.4, -0.2) is 145 Å². The third-order valence-electron chi connectivity index (χ3n) is 5.71. The SMILES string of the molecule is C[C@@H]1O[C@@H](O[C@H]2C(O)O[C@H](CO)[C@@H](O)[C@@H]2O[C@@H]2O[C@@H](CO)[C@H](O)[C@H]2O)[C@H](O)[C@H](O)[C@H]1O. The maximum Gasteiger partial charge on any atom is 0.187 e. The van der Waals surface area contributed by atoms with E-state index < -0.39 is 99.2 Å². The highest BCUT2D eigenvalue weighted by Crippen LogP contribution is 2.32. The van der Waals surface area contributed by atoms with Gasteiger partial charge in [0.2, 0.25) is 0 Å². The van der Waals surface area contributed by atoms with Crippen molar-refractivity contribution < 1.29 is 69.6 Å². The first kappa shape index (κ1) is 25.1. The van der Waals surface area contributed by atoms with E-state index in [0.717, 1.165) is 0 Å². The molecule has 0 aromatic heterocycles. The summed E-state index contributed by atoms with van der Waals surface area (Å²) in [5.74, 6) is 0. The Labute approximate surface area is 176 Å². The Morgan fingerprint density at radius 3 is 1.68 bits per heavy atom. The van der Waals surface area contributed by atoms with Crippen LogP contribution in [0.4, 0.5) is 0 Å². The van der Waals surface area contributed by atoms with Crippen molar-refractivity contribution in [1.29, 1.82) is 0 Å². The minimum Gasteiger partial charge on any atom is -0.394 e. The number of rotatable bonds is 6. The van der Waals surface area contributed by atoms with E-state index in [-0.39, 0.29) is 0 Å². The quantitative estimate of drug-likeness (QED) is 0.181. The molecule has 3 heterocycles. The average Bonchev–Trinajstić information content (AvgIpc) is 3.02. The second kappa shape index (κ2) is 10.1. The summed E-state index contributed by atoms with van der Waals surface area (Å²) in [6.07, 6.45) is -21.0. The molecule has 182 valence electrons. The van der Waals surface area contributed by atoms with Gasteiger partial charge in [0.25, 0.3) is 0 Å². The van der Waals surface area contributed by atoms with Gasteiger partial charge in [0, 0.05) is 0 Å². The third kappa shape index (κ3) is 4.87. The fraction of sp³-hybridized carbons (Fsp3) is 1.00. The van der Waals surface area contributed by atoms with Crippen LogP contribution >= 0.6 is 0 Å². The lowest BCUT2D eigenvalue weighted by molar-refractivity contribution is -0.373. The molecule has 3 aliphatic rings. The summed E-state index contributed by atoms with van der Waals surface area (Å²) in [6, 6.07) is 0. The number of hydrogen-bond acceptors (Lipinski definition) is 14. The molecule has 3 aliphatic heterocycles. The zero-order valence-corrected chi connectivity index (χ0v) is 16.6. The van der Waals surface area contributed by atoms with Crippen LogP contribution in [0.25, 0.3) is 0 Å². The molecular formula is C17H30O14. The topological polar surface area (TPSA) is 228 Å². The zero-order valence-electron chi connectivity index (χ0n) is 16.6. The summed E-state index contributed by atoms with van der Waals surface area (Å²) in [5, 5.41) is 89.5. The van der Waals surface area contributed by atoms with Gasteiger partial charge in [0.1, 0.15) is 61.0 Å². The van der Waals surface area contributed by atoms with Crippen LogP contribution in [0.2, 0.25) is 0 Å². The van der Waals surface area contributed by atoms with Gasteiger partial charge in [-0.2, -0.15) is 0 Å². The Bertz CT molecular complexity index is 581. The molecule has 3 rings (SSSR count). The van der Waals surface area contributed by atoms with Gasteiger partial charge in [-0.05, 0) is 6.92 Å². The van der Waals surface area contributed by atoms with Crippen molar-refractivity contribution in [3.8, 4) is 0 Å². The predicted molar refractivity (Wildman–Crippen MR) is 93.8 cm³/mol. The first-order chi connectivity index (χ1) is 14.6. The maximum atomic E-state index is 10.6. The molecule has 9 N–H and O–H groups in total. The van der Waals surface area contributed by atoms with Crippen LogP contribution in [-0.2, 0) is 23.7 Å². The van der Waals surface area contributed by atoms with Gasteiger partial charge < -0.3 is 69.6 Å². The van der Waals surface area contributed by atoms with Gasteiger partial charge in [0.05, 0.1) is 19.3 Å². The summed E-state index contributed by atoms with van der Waals surface area (Å²) in [5.41, 5.74) is 0.